The largest absolute Gasteiger partial charge is 0.469 e. The lowest BCUT2D eigenvalue weighted by Gasteiger charge is -2.12. The third-order valence-corrected chi connectivity index (χ3v) is 2.27. The molecule has 0 saturated heterocycles. The highest BCUT2D eigenvalue weighted by atomic mass is 35.5. The molecule has 0 aliphatic rings. The highest BCUT2D eigenvalue weighted by Crippen LogP contribution is 2.10. The summed E-state index contributed by atoms with van der Waals surface area (Å²) in [7, 11) is 0. The second kappa shape index (κ2) is 4.99. The summed E-state index contributed by atoms with van der Waals surface area (Å²) in [5.41, 5.74) is 0. The molecule has 0 bridgehead atoms. The van der Waals surface area contributed by atoms with Gasteiger partial charge in [-0.15, -0.1) is 0 Å². The van der Waals surface area contributed by atoms with Gasteiger partial charge in [-0.1, -0.05) is 11.6 Å². The van der Waals surface area contributed by atoms with Crippen LogP contribution in [0.3, 0.4) is 0 Å². The van der Waals surface area contributed by atoms with Gasteiger partial charge < -0.3 is 9.73 Å². The second-order valence-electron chi connectivity index (χ2n) is 3.56. The summed E-state index contributed by atoms with van der Waals surface area (Å²) < 4.78 is 5.26. The molecule has 84 valence electrons. The highest BCUT2D eigenvalue weighted by Gasteiger charge is 2.06. The monoisotopic (exact) mass is 237 g/mol. The van der Waals surface area contributed by atoms with E-state index in [1.54, 1.807) is 12.5 Å². The van der Waals surface area contributed by atoms with Crippen molar-refractivity contribution in [2.24, 2.45) is 0 Å². The van der Waals surface area contributed by atoms with Gasteiger partial charge in [0.1, 0.15) is 16.7 Å². The van der Waals surface area contributed by atoms with Crippen LogP contribution in [0.5, 0.6) is 0 Å². The molecule has 0 aliphatic heterocycles. The molecular formula is C11H12ClN3O. The Morgan fingerprint density at radius 3 is 3.06 bits per heavy atom. The molecule has 0 saturated carbocycles. The number of rotatable bonds is 4. The first-order chi connectivity index (χ1) is 7.74. The molecule has 0 radical (unpaired) electrons. The van der Waals surface area contributed by atoms with E-state index in [9.17, 15) is 0 Å². The fraction of sp³-hybridized carbons (Fsp3) is 0.273. The maximum Gasteiger partial charge on any atom is 0.149 e. The molecule has 2 aromatic heterocycles. The minimum absolute atomic E-state index is 0.207. The molecule has 1 unspecified atom stereocenters. The first-order valence-electron chi connectivity index (χ1n) is 5.00. The van der Waals surface area contributed by atoms with E-state index in [1.165, 1.54) is 6.20 Å². The lowest BCUT2D eigenvalue weighted by molar-refractivity contribution is 0.497. The number of nitrogens with zero attached hydrogens (tertiary/aromatic N) is 2. The third kappa shape index (κ3) is 2.97. The van der Waals surface area contributed by atoms with Crippen molar-refractivity contribution < 1.29 is 4.42 Å². The predicted octanol–water partition coefficient (Wildman–Crippen LogP) is 2.77. The summed E-state index contributed by atoms with van der Waals surface area (Å²) in [4.78, 5) is 8.06. The predicted molar refractivity (Wildman–Crippen MR) is 62.5 cm³/mol. The molecule has 1 atom stereocenters. The van der Waals surface area contributed by atoms with Crippen molar-refractivity contribution in [2.45, 2.75) is 19.4 Å². The lowest BCUT2D eigenvalue weighted by Crippen LogP contribution is -2.18. The Labute approximate surface area is 98.7 Å². The molecule has 1 N–H and O–H groups in total. The number of hydrogen-bond acceptors (Lipinski definition) is 4. The lowest BCUT2D eigenvalue weighted by atomic mass is 10.2. The van der Waals surface area contributed by atoms with Gasteiger partial charge in [-0.25, -0.2) is 4.98 Å². The van der Waals surface area contributed by atoms with Crippen molar-refractivity contribution in [3.05, 3.63) is 41.7 Å². The van der Waals surface area contributed by atoms with Crippen LogP contribution in [0.2, 0.25) is 5.15 Å². The number of hydrogen-bond donors (Lipinski definition) is 1. The van der Waals surface area contributed by atoms with E-state index in [2.05, 4.69) is 15.3 Å². The van der Waals surface area contributed by atoms with Gasteiger partial charge in [-0.2, -0.15) is 0 Å². The van der Waals surface area contributed by atoms with E-state index < -0.39 is 0 Å². The van der Waals surface area contributed by atoms with Crippen molar-refractivity contribution >= 4 is 17.4 Å². The number of aromatic nitrogens is 2. The maximum absolute atomic E-state index is 5.74. The average molecular weight is 238 g/mol. The molecule has 0 amide bonds. The van der Waals surface area contributed by atoms with Crippen LogP contribution in [0.25, 0.3) is 0 Å². The summed E-state index contributed by atoms with van der Waals surface area (Å²) in [6.45, 7) is 2.05. The van der Waals surface area contributed by atoms with E-state index in [-0.39, 0.29) is 6.04 Å². The van der Waals surface area contributed by atoms with Crippen LogP contribution < -0.4 is 5.32 Å². The molecule has 0 aromatic carbocycles. The Balaban J connectivity index is 1.94. The molecule has 2 heterocycles. The van der Waals surface area contributed by atoms with Crippen LogP contribution in [0, 0.1) is 0 Å². The SMILES string of the molecule is CC(Cc1ccco1)Nc1cncc(Cl)n1. The van der Waals surface area contributed by atoms with Gasteiger partial charge in [-0.05, 0) is 19.1 Å². The molecule has 5 heteroatoms. The molecule has 4 nitrogen and oxygen atoms in total. The quantitative estimate of drug-likeness (QED) is 0.889. The fourth-order valence-electron chi connectivity index (χ4n) is 1.45. The number of nitrogens with one attached hydrogen (secondary N) is 1. The van der Waals surface area contributed by atoms with E-state index in [1.807, 2.05) is 19.1 Å². The molecule has 2 rings (SSSR count). The Morgan fingerprint density at radius 1 is 1.50 bits per heavy atom. The van der Waals surface area contributed by atoms with Crippen LogP contribution in [0.4, 0.5) is 5.82 Å². The van der Waals surface area contributed by atoms with Crippen molar-refractivity contribution in [3.63, 3.8) is 0 Å². The zero-order valence-electron chi connectivity index (χ0n) is 8.85. The fourth-order valence-corrected chi connectivity index (χ4v) is 1.59. The van der Waals surface area contributed by atoms with Gasteiger partial charge in [-0.3, -0.25) is 4.98 Å². The van der Waals surface area contributed by atoms with Crippen molar-refractivity contribution in [2.75, 3.05) is 5.32 Å². The first kappa shape index (κ1) is 11.0. The highest BCUT2D eigenvalue weighted by molar-refractivity contribution is 6.29. The van der Waals surface area contributed by atoms with E-state index in [0.717, 1.165) is 12.2 Å². The summed E-state index contributed by atoms with van der Waals surface area (Å²) in [6, 6.07) is 4.03. The van der Waals surface area contributed by atoms with Crippen LogP contribution in [-0.4, -0.2) is 16.0 Å². The standard InChI is InChI=1S/C11H12ClN3O/c1-8(5-9-3-2-4-16-9)14-11-7-13-6-10(12)15-11/h2-4,6-8H,5H2,1H3,(H,14,15). The molecule has 0 fully saturated rings. The minimum atomic E-state index is 0.207. The van der Waals surface area contributed by atoms with Crippen molar-refractivity contribution in [1.82, 2.24) is 9.97 Å². The van der Waals surface area contributed by atoms with Crippen LogP contribution >= 0.6 is 11.6 Å². The van der Waals surface area contributed by atoms with Crippen molar-refractivity contribution in [3.8, 4) is 0 Å². The van der Waals surface area contributed by atoms with E-state index >= 15 is 0 Å². The van der Waals surface area contributed by atoms with Crippen LogP contribution in [0.1, 0.15) is 12.7 Å². The summed E-state index contributed by atoms with van der Waals surface area (Å²) in [6.07, 6.45) is 5.61. The van der Waals surface area contributed by atoms with Gasteiger partial charge in [0.15, 0.2) is 0 Å². The minimum Gasteiger partial charge on any atom is -0.469 e. The first-order valence-corrected chi connectivity index (χ1v) is 5.38. The molecule has 0 spiro atoms. The van der Waals surface area contributed by atoms with Crippen LogP contribution in [0.15, 0.2) is 35.2 Å². The number of anilines is 1. The van der Waals surface area contributed by atoms with Crippen LogP contribution in [-0.2, 0) is 6.42 Å². The van der Waals surface area contributed by atoms with Gasteiger partial charge in [0.25, 0.3) is 0 Å². The van der Waals surface area contributed by atoms with Gasteiger partial charge in [0, 0.05) is 12.5 Å². The molecule has 16 heavy (non-hydrogen) atoms. The number of furan rings is 1. The number of halogens is 1. The molecule has 2 aromatic rings. The molecular weight excluding hydrogens is 226 g/mol. The normalized spacial score (nSPS) is 12.4. The Bertz CT molecular complexity index is 444. The third-order valence-electron chi connectivity index (χ3n) is 2.09. The second-order valence-corrected chi connectivity index (χ2v) is 3.94. The smallest absolute Gasteiger partial charge is 0.149 e. The van der Waals surface area contributed by atoms with Gasteiger partial charge in [0.2, 0.25) is 0 Å². The molecule has 0 aliphatic carbocycles. The Hall–Kier alpha value is -1.55. The summed E-state index contributed by atoms with van der Waals surface area (Å²) in [5, 5.41) is 3.59. The zero-order valence-corrected chi connectivity index (χ0v) is 9.61. The van der Waals surface area contributed by atoms with Gasteiger partial charge >= 0.3 is 0 Å². The summed E-state index contributed by atoms with van der Waals surface area (Å²) >= 11 is 5.74. The van der Waals surface area contributed by atoms with E-state index in [4.69, 9.17) is 16.0 Å². The average Bonchev–Trinajstić information content (AvgIpc) is 2.70. The van der Waals surface area contributed by atoms with Crippen molar-refractivity contribution in [1.29, 1.82) is 0 Å². The maximum atomic E-state index is 5.74. The van der Waals surface area contributed by atoms with E-state index in [0.29, 0.717) is 11.0 Å². The zero-order chi connectivity index (χ0) is 11.4. The van der Waals surface area contributed by atoms with Gasteiger partial charge in [0.05, 0.1) is 18.7 Å². The Kier molecular flexibility index (Phi) is 3.41. The topological polar surface area (TPSA) is 51.0 Å². The summed E-state index contributed by atoms with van der Waals surface area (Å²) in [5.74, 6) is 1.61. The Morgan fingerprint density at radius 2 is 2.38 bits per heavy atom.